The third kappa shape index (κ3) is 3.05. The highest BCUT2D eigenvalue weighted by Gasteiger charge is 2.46. The van der Waals surface area contributed by atoms with Crippen LogP contribution in [0.2, 0.25) is 0 Å². The molecule has 0 aliphatic carbocycles. The van der Waals surface area contributed by atoms with Gasteiger partial charge in [0.05, 0.1) is 25.6 Å². The number of ketones is 1. The van der Waals surface area contributed by atoms with Crippen LogP contribution in [0.3, 0.4) is 0 Å². The van der Waals surface area contributed by atoms with Gasteiger partial charge in [-0.3, -0.25) is 9.59 Å². The Labute approximate surface area is 136 Å². The monoisotopic (exact) mass is 317 g/mol. The molecule has 5 nitrogen and oxygen atoms in total. The quantitative estimate of drug-likeness (QED) is 0.860. The second kappa shape index (κ2) is 5.87. The van der Waals surface area contributed by atoms with Crippen molar-refractivity contribution in [2.75, 3.05) is 20.2 Å². The standard InChI is InChI=1S/C18H23NO4/c1-12(2)8-17(21)19-7-6-18(11-19)10-15(20)14-9-13(22-3)4-5-16(14)23-18/h4-5,9,12H,6-8,10-11H2,1-3H3. The number of likely N-dealkylation sites (tertiary alicyclic amines) is 1. The second-order valence-corrected chi connectivity index (χ2v) is 6.91. The molecule has 124 valence electrons. The van der Waals surface area contributed by atoms with Crippen molar-refractivity contribution in [2.24, 2.45) is 5.92 Å². The van der Waals surface area contributed by atoms with E-state index in [0.717, 1.165) is 0 Å². The van der Waals surface area contributed by atoms with E-state index < -0.39 is 5.60 Å². The Morgan fingerprint density at radius 2 is 2.22 bits per heavy atom. The van der Waals surface area contributed by atoms with Crippen LogP contribution in [0.1, 0.15) is 43.5 Å². The number of carbonyl (C=O) groups is 2. The predicted octanol–water partition coefficient (Wildman–Crippen LogP) is 2.68. The topological polar surface area (TPSA) is 55.8 Å². The Balaban J connectivity index is 1.78. The fourth-order valence-electron chi connectivity index (χ4n) is 3.36. The predicted molar refractivity (Wildman–Crippen MR) is 86.0 cm³/mol. The normalized spacial score (nSPS) is 23.1. The number of nitrogens with zero attached hydrogens (tertiary/aromatic N) is 1. The van der Waals surface area contributed by atoms with E-state index in [-0.39, 0.29) is 11.7 Å². The van der Waals surface area contributed by atoms with Crippen LogP contribution in [0, 0.1) is 5.92 Å². The Morgan fingerprint density at radius 3 is 2.91 bits per heavy atom. The van der Waals surface area contributed by atoms with Gasteiger partial charge in [-0.2, -0.15) is 0 Å². The van der Waals surface area contributed by atoms with Gasteiger partial charge in [-0.15, -0.1) is 0 Å². The van der Waals surface area contributed by atoms with E-state index >= 15 is 0 Å². The summed E-state index contributed by atoms with van der Waals surface area (Å²) in [4.78, 5) is 26.6. The Bertz CT molecular complexity index is 640. The minimum atomic E-state index is -0.564. The molecule has 3 rings (SSSR count). The average Bonchev–Trinajstić information content (AvgIpc) is 2.90. The summed E-state index contributed by atoms with van der Waals surface area (Å²) in [6, 6.07) is 5.30. The molecule has 0 radical (unpaired) electrons. The van der Waals surface area contributed by atoms with Crippen LogP contribution in [0.4, 0.5) is 0 Å². The first-order valence-electron chi connectivity index (χ1n) is 8.10. The number of methoxy groups -OCH3 is 1. The summed E-state index contributed by atoms with van der Waals surface area (Å²) in [6.45, 7) is 5.22. The van der Waals surface area contributed by atoms with Crippen molar-refractivity contribution in [3.05, 3.63) is 23.8 Å². The number of hydrogen-bond donors (Lipinski definition) is 0. The van der Waals surface area contributed by atoms with Crippen molar-refractivity contribution in [1.29, 1.82) is 0 Å². The first-order valence-corrected chi connectivity index (χ1v) is 8.10. The molecule has 2 aliphatic heterocycles. The molecule has 0 N–H and O–H groups in total. The van der Waals surface area contributed by atoms with Crippen molar-refractivity contribution in [2.45, 2.75) is 38.7 Å². The number of benzene rings is 1. The zero-order valence-electron chi connectivity index (χ0n) is 13.9. The lowest BCUT2D eigenvalue weighted by Crippen LogP contribution is -2.45. The molecular formula is C18H23NO4. The molecule has 1 aromatic carbocycles. The molecule has 1 spiro atoms. The molecule has 5 heteroatoms. The number of Topliss-reactive ketones (excluding diaryl/α,β-unsaturated/α-hetero) is 1. The molecule has 23 heavy (non-hydrogen) atoms. The van der Waals surface area contributed by atoms with Gasteiger partial charge in [0, 0.05) is 19.4 Å². The second-order valence-electron chi connectivity index (χ2n) is 6.91. The highest BCUT2D eigenvalue weighted by atomic mass is 16.5. The lowest BCUT2D eigenvalue weighted by molar-refractivity contribution is -0.131. The van der Waals surface area contributed by atoms with Crippen molar-refractivity contribution in [1.82, 2.24) is 4.90 Å². The van der Waals surface area contributed by atoms with Crippen molar-refractivity contribution >= 4 is 11.7 Å². The summed E-state index contributed by atoms with van der Waals surface area (Å²) in [5.74, 6) is 1.79. The fourth-order valence-corrected chi connectivity index (χ4v) is 3.36. The highest BCUT2D eigenvalue weighted by molar-refractivity contribution is 6.00. The molecule has 1 fully saturated rings. The van der Waals surface area contributed by atoms with Crippen LogP contribution < -0.4 is 9.47 Å². The molecule has 1 aromatic rings. The Hall–Kier alpha value is -2.04. The fraction of sp³-hybridized carbons (Fsp3) is 0.556. The number of fused-ring (bicyclic) bond motifs is 1. The minimum Gasteiger partial charge on any atom is -0.497 e. The first-order chi connectivity index (χ1) is 10.9. The smallest absolute Gasteiger partial charge is 0.222 e. The summed E-state index contributed by atoms with van der Waals surface area (Å²) < 4.78 is 11.3. The van der Waals surface area contributed by atoms with Crippen LogP contribution in [0.5, 0.6) is 11.5 Å². The maximum Gasteiger partial charge on any atom is 0.222 e. The third-order valence-electron chi connectivity index (χ3n) is 4.55. The van der Waals surface area contributed by atoms with Crippen LogP contribution in [-0.2, 0) is 4.79 Å². The summed E-state index contributed by atoms with van der Waals surface area (Å²) in [6.07, 6.45) is 1.56. The lowest BCUT2D eigenvalue weighted by atomic mass is 9.89. The van der Waals surface area contributed by atoms with Gasteiger partial charge in [-0.25, -0.2) is 0 Å². The van der Waals surface area contributed by atoms with E-state index in [0.29, 0.717) is 55.3 Å². The van der Waals surface area contributed by atoms with E-state index in [1.54, 1.807) is 25.3 Å². The van der Waals surface area contributed by atoms with E-state index in [1.807, 2.05) is 18.7 Å². The van der Waals surface area contributed by atoms with E-state index in [9.17, 15) is 9.59 Å². The molecule has 1 amide bonds. The molecule has 0 bridgehead atoms. The number of ether oxygens (including phenoxy) is 2. The van der Waals surface area contributed by atoms with Crippen molar-refractivity contribution < 1.29 is 19.1 Å². The largest absolute Gasteiger partial charge is 0.497 e. The molecule has 0 aromatic heterocycles. The van der Waals surface area contributed by atoms with E-state index in [4.69, 9.17) is 9.47 Å². The minimum absolute atomic E-state index is 0.0586. The van der Waals surface area contributed by atoms with Gasteiger partial charge in [0.2, 0.25) is 5.91 Å². The van der Waals surface area contributed by atoms with Crippen molar-refractivity contribution in [3.8, 4) is 11.5 Å². The van der Waals surface area contributed by atoms with Gasteiger partial charge in [0.15, 0.2) is 5.78 Å². The van der Waals surface area contributed by atoms with Crippen LogP contribution in [-0.4, -0.2) is 42.4 Å². The number of hydrogen-bond acceptors (Lipinski definition) is 4. The van der Waals surface area contributed by atoms with Gasteiger partial charge in [-0.05, 0) is 24.1 Å². The third-order valence-corrected chi connectivity index (χ3v) is 4.55. The maximum atomic E-state index is 12.5. The van der Waals surface area contributed by atoms with Crippen LogP contribution in [0.25, 0.3) is 0 Å². The van der Waals surface area contributed by atoms with Gasteiger partial charge >= 0.3 is 0 Å². The summed E-state index contributed by atoms with van der Waals surface area (Å²) in [7, 11) is 1.58. The molecular weight excluding hydrogens is 294 g/mol. The van der Waals surface area contributed by atoms with E-state index in [1.165, 1.54) is 0 Å². The van der Waals surface area contributed by atoms with Crippen LogP contribution >= 0.6 is 0 Å². The Morgan fingerprint density at radius 1 is 1.43 bits per heavy atom. The highest BCUT2D eigenvalue weighted by Crippen LogP contribution is 2.40. The number of amides is 1. The first kappa shape index (κ1) is 15.8. The molecule has 1 unspecified atom stereocenters. The number of rotatable bonds is 3. The van der Waals surface area contributed by atoms with E-state index in [2.05, 4.69) is 0 Å². The Kier molecular flexibility index (Phi) is 4.04. The molecule has 1 saturated heterocycles. The molecule has 2 aliphatic rings. The maximum absolute atomic E-state index is 12.5. The van der Waals surface area contributed by atoms with Gasteiger partial charge < -0.3 is 14.4 Å². The SMILES string of the molecule is COc1ccc2c(c1)C(=O)CC1(CCN(C(=O)CC(C)C)C1)O2. The molecule has 2 heterocycles. The molecule has 0 saturated carbocycles. The summed E-state index contributed by atoms with van der Waals surface area (Å²) in [5, 5.41) is 0. The zero-order valence-corrected chi connectivity index (χ0v) is 13.9. The average molecular weight is 317 g/mol. The molecule has 1 atom stereocenters. The van der Waals surface area contributed by atoms with Gasteiger partial charge in [0.1, 0.15) is 17.1 Å². The lowest BCUT2D eigenvalue weighted by Gasteiger charge is -2.34. The van der Waals surface area contributed by atoms with Crippen LogP contribution in [0.15, 0.2) is 18.2 Å². The number of carbonyl (C=O) groups excluding carboxylic acids is 2. The summed E-state index contributed by atoms with van der Waals surface area (Å²) in [5.41, 5.74) is 0.00706. The van der Waals surface area contributed by atoms with Gasteiger partial charge in [0.25, 0.3) is 0 Å². The summed E-state index contributed by atoms with van der Waals surface area (Å²) >= 11 is 0. The van der Waals surface area contributed by atoms with Crippen molar-refractivity contribution in [3.63, 3.8) is 0 Å². The zero-order chi connectivity index (χ0) is 16.6. The van der Waals surface area contributed by atoms with Gasteiger partial charge in [-0.1, -0.05) is 13.8 Å².